The zero-order valence-corrected chi connectivity index (χ0v) is 12.4. The molecule has 1 aromatic carbocycles. The van der Waals surface area contributed by atoms with Gasteiger partial charge in [0.25, 0.3) is 0 Å². The van der Waals surface area contributed by atoms with Gasteiger partial charge in [0.15, 0.2) is 11.5 Å². The topological polar surface area (TPSA) is 67.9 Å². The van der Waals surface area contributed by atoms with E-state index in [9.17, 15) is 8.42 Å². The van der Waals surface area contributed by atoms with E-state index in [0.717, 1.165) is 13.0 Å². The number of sulfonamides is 1. The third-order valence-electron chi connectivity index (χ3n) is 4.48. The van der Waals surface area contributed by atoms with Crippen molar-refractivity contribution in [2.45, 2.75) is 17.4 Å². The molecule has 2 saturated heterocycles. The van der Waals surface area contributed by atoms with E-state index in [-0.39, 0.29) is 4.90 Å². The summed E-state index contributed by atoms with van der Waals surface area (Å²) in [4.78, 5) is 0.284. The third-order valence-corrected chi connectivity index (χ3v) is 6.31. The van der Waals surface area contributed by atoms with E-state index in [0.29, 0.717) is 49.8 Å². The Balaban J connectivity index is 1.63. The number of hydrogen-bond acceptors (Lipinski definition) is 5. The van der Waals surface area contributed by atoms with E-state index < -0.39 is 10.0 Å². The number of nitrogens with zero attached hydrogens (tertiary/aromatic N) is 1. The molecule has 1 N–H and O–H groups in total. The normalized spacial score (nSPS) is 28.6. The summed E-state index contributed by atoms with van der Waals surface area (Å²) >= 11 is 0. The van der Waals surface area contributed by atoms with Crippen LogP contribution in [0.5, 0.6) is 11.5 Å². The van der Waals surface area contributed by atoms with Crippen molar-refractivity contribution in [3.63, 3.8) is 0 Å². The first-order chi connectivity index (χ1) is 10.1. The first-order valence-electron chi connectivity index (χ1n) is 7.28. The quantitative estimate of drug-likeness (QED) is 0.858. The van der Waals surface area contributed by atoms with Gasteiger partial charge in [-0.15, -0.1) is 0 Å². The molecule has 0 spiro atoms. The molecule has 7 heteroatoms. The van der Waals surface area contributed by atoms with Crippen LogP contribution in [-0.4, -0.2) is 51.6 Å². The molecule has 3 aliphatic heterocycles. The number of benzene rings is 1. The van der Waals surface area contributed by atoms with E-state index in [1.165, 1.54) is 0 Å². The van der Waals surface area contributed by atoms with Gasteiger partial charge in [0, 0.05) is 25.2 Å². The average Bonchev–Trinajstić information content (AvgIpc) is 3.08. The van der Waals surface area contributed by atoms with Gasteiger partial charge in [-0.25, -0.2) is 8.42 Å². The van der Waals surface area contributed by atoms with Crippen molar-refractivity contribution < 1.29 is 17.9 Å². The van der Waals surface area contributed by atoms with Crippen LogP contribution in [0.1, 0.15) is 6.42 Å². The molecule has 2 atom stereocenters. The largest absolute Gasteiger partial charge is 0.486 e. The Labute approximate surface area is 124 Å². The molecule has 0 amide bonds. The molecule has 0 bridgehead atoms. The van der Waals surface area contributed by atoms with Crippen molar-refractivity contribution in [3.05, 3.63) is 18.2 Å². The molecule has 6 nitrogen and oxygen atoms in total. The molecule has 3 heterocycles. The molecule has 0 unspecified atom stereocenters. The van der Waals surface area contributed by atoms with E-state index in [2.05, 4.69) is 5.32 Å². The molecule has 0 aliphatic carbocycles. The minimum Gasteiger partial charge on any atom is -0.486 e. The molecule has 4 rings (SSSR count). The minimum absolute atomic E-state index is 0.284. The van der Waals surface area contributed by atoms with Gasteiger partial charge in [-0.3, -0.25) is 0 Å². The molecule has 0 aromatic heterocycles. The summed E-state index contributed by atoms with van der Waals surface area (Å²) in [7, 11) is -3.46. The summed E-state index contributed by atoms with van der Waals surface area (Å²) in [6.07, 6.45) is 1.05. The van der Waals surface area contributed by atoms with Gasteiger partial charge in [0.2, 0.25) is 10.0 Å². The van der Waals surface area contributed by atoms with Crippen LogP contribution >= 0.6 is 0 Å². The Morgan fingerprint density at radius 1 is 1.14 bits per heavy atom. The highest BCUT2D eigenvalue weighted by Gasteiger charge is 2.41. The summed E-state index contributed by atoms with van der Waals surface area (Å²) in [6.45, 7) is 3.11. The molecule has 21 heavy (non-hydrogen) atoms. The SMILES string of the molecule is O=S(=O)(c1ccc2c(c1)OCCO2)N1C[C@@H]2CCN[C@@H]2C1. The van der Waals surface area contributed by atoms with Crippen molar-refractivity contribution in [2.75, 3.05) is 32.8 Å². The highest BCUT2D eigenvalue weighted by Crippen LogP contribution is 2.35. The zero-order valence-electron chi connectivity index (χ0n) is 11.6. The molecular formula is C14H18N2O4S. The number of ether oxygens (including phenoxy) is 2. The van der Waals surface area contributed by atoms with Crippen molar-refractivity contribution in [2.24, 2.45) is 5.92 Å². The monoisotopic (exact) mass is 310 g/mol. The lowest BCUT2D eigenvalue weighted by Crippen LogP contribution is -2.34. The lowest BCUT2D eigenvalue weighted by Gasteiger charge is -2.21. The fourth-order valence-corrected chi connectivity index (χ4v) is 4.88. The van der Waals surface area contributed by atoms with E-state index in [1.807, 2.05) is 0 Å². The van der Waals surface area contributed by atoms with Crippen LogP contribution < -0.4 is 14.8 Å². The maximum atomic E-state index is 12.8. The van der Waals surface area contributed by atoms with Crippen molar-refractivity contribution in [1.29, 1.82) is 0 Å². The lowest BCUT2D eigenvalue weighted by atomic mass is 10.1. The lowest BCUT2D eigenvalue weighted by molar-refractivity contribution is 0.171. The minimum atomic E-state index is -3.46. The molecule has 114 valence electrons. The Bertz CT molecular complexity index is 649. The molecular weight excluding hydrogens is 292 g/mol. The maximum absolute atomic E-state index is 12.8. The van der Waals surface area contributed by atoms with Crippen LogP contribution in [0.4, 0.5) is 0 Å². The van der Waals surface area contributed by atoms with Crippen LogP contribution in [0.2, 0.25) is 0 Å². The van der Waals surface area contributed by atoms with Gasteiger partial charge in [0.1, 0.15) is 13.2 Å². The predicted octanol–water partition coefficient (Wildman–Crippen LogP) is 0.440. The van der Waals surface area contributed by atoms with Crippen LogP contribution in [-0.2, 0) is 10.0 Å². The summed E-state index contributed by atoms with van der Waals surface area (Å²) in [5, 5.41) is 3.37. The first-order valence-corrected chi connectivity index (χ1v) is 8.72. The Kier molecular flexibility index (Phi) is 3.09. The second-order valence-corrected chi connectivity index (χ2v) is 7.67. The molecule has 3 aliphatic rings. The fourth-order valence-electron chi connectivity index (χ4n) is 3.34. The zero-order chi connectivity index (χ0) is 14.4. The van der Waals surface area contributed by atoms with Gasteiger partial charge < -0.3 is 14.8 Å². The van der Waals surface area contributed by atoms with Crippen LogP contribution in [0, 0.1) is 5.92 Å². The van der Waals surface area contributed by atoms with Crippen LogP contribution in [0.15, 0.2) is 23.1 Å². The summed E-state index contributed by atoms with van der Waals surface area (Å²) in [6, 6.07) is 5.16. The number of rotatable bonds is 2. The highest BCUT2D eigenvalue weighted by atomic mass is 32.2. The van der Waals surface area contributed by atoms with Crippen molar-refractivity contribution >= 4 is 10.0 Å². The Morgan fingerprint density at radius 2 is 1.95 bits per heavy atom. The van der Waals surface area contributed by atoms with Gasteiger partial charge in [-0.05, 0) is 31.0 Å². The van der Waals surface area contributed by atoms with Gasteiger partial charge in [-0.2, -0.15) is 4.31 Å². The molecule has 1 aromatic rings. The summed E-state index contributed by atoms with van der Waals surface area (Å²) in [5.41, 5.74) is 0. The maximum Gasteiger partial charge on any atom is 0.243 e. The number of hydrogen-bond donors (Lipinski definition) is 1. The number of nitrogens with one attached hydrogen (secondary N) is 1. The Hall–Kier alpha value is -1.31. The van der Waals surface area contributed by atoms with Crippen LogP contribution in [0.25, 0.3) is 0 Å². The van der Waals surface area contributed by atoms with E-state index in [1.54, 1.807) is 22.5 Å². The first kappa shape index (κ1) is 13.4. The van der Waals surface area contributed by atoms with Gasteiger partial charge in [-0.1, -0.05) is 0 Å². The number of fused-ring (bicyclic) bond motifs is 2. The molecule has 0 saturated carbocycles. The van der Waals surface area contributed by atoms with Gasteiger partial charge in [0.05, 0.1) is 4.90 Å². The van der Waals surface area contributed by atoms with Crippen molar-refractivity contribution in [3.8, 4) is 11.5 Å². The average molecular weight is 310 g/mol. The Morgan fingerprint density at radius 3 is 2.76 bits per heavy atom. The van der Waals surface area contributed by atoms with Crippen molar-refractivity contribution in [1.82, 2.24) is 9.62 Å². The third kappa shape index (κ3) is 2.20. The van der Waals surface area contributed by atoms with E-state index in [4.69, 9.17) is 9.47 Å². The van der Waals surface area contributed by atoms with Crippen LogP contribution in [0.3, 0.4) is 0 Å². The second-order valence-electron chi connectivity index (χ2n) is 5.74. The predicted molar refractivity (Wildman–Crippen MR) is 76.1 cm³/mol. The summed E-state index contributed by atoms with van der Waals surface area (Å²) in [5.74, 6) is 1.57. The summed E-state index contributed by atoms with van der Waals surface area (Å²) < 4.78 is 38.0. The molecule has 2 fully saturated rings. The van der Waals surface area contributed by atoms with E-state index >= 15 is 0 Å². The smallest absolute Gasteiger partial charge is 0.243 e. The van der Waals surface area contributed by atoms with Gasteiger partial charge >= 0.3 is 0 Å². The standard InChI is InChI=1S/C14H18N2O4S/c17-21(18,16-8-10-3-4-15-12(10)9-16)11-1-2-13-14(7-11)20-6-5-19-13/h1-2,7,10,12,15H,3-6,8-9H2/t10-,12+/m0/s1. The highest BCUT2D eigenvalue weighted by molar-refractivity contribution is 7.89. The fraction of sp³-hybridized carbons (Fsp3) is 0.571. The second kappa shape index (κ2) is 4.86. The molecule has 0 radical (unpaired) electrons.